The van der Waals surface area contributed by atoms with Gasteiger partial charge < -0.3 is 9.64 Å². The molecule has 0 bridgehead atoms. The average molecular weight is 169 g/mol. The molecule has 0 spiro atoms. The van der Waals surface area contributed by atoms with Crippen LogP contribution in [0.3, 0.4) is 0 Å². The maximum atomic E-state index is 11.3. The van der Waals surface area contributed by atoms with Crippen molar-refractivity contribution in [3.63, 3.8) is 0 Å². The first-order chi connectivity index (χ1) is 5.75. The van der Waals surface area contributed by atoms with Gasteiger partial charge in [0.1, 0.15) is 0 Å². The summed E-state index contributed by atoms with van der Waals surface area (Å²) >= 11 is 0. The summed E-state index contributed by atoms with van der Waals surface area (Å²) in [5, 5.41) is 0. The van der Waals surface area contributed by atoms with Crippen molar-refractivity contribution >= 4 is 5.91 Å². The van der Waals surface area contributed by atoms with Crippen LogP contribution in [-0.2, 0) is 9.53 Å². The lowest BCUT2D eigenvalue weighted by atomic mass is 10.2. The van der Waals surface area contributed by atoms with E-state index in [9.17, 15) is 4.79 Å². The molecule has 1 heterocycles. The third kappa shape index (κ3) is 2.08. The Balaban J connectivity index is 2.45. The molecule has 1 saturated heterocycles. The molecule has 68 valence electrons. The van der Waals surface area contributed by atoms with Gasteiger partial charge in [-0.15, -0.1) is 0 Å². The lowest BCUT2D eigenvalue weighted by molar-refractivity contribution is -0.126. The Bertz CT molecular complexity index is 183. The van der Waals surface area contributed by atoms with Gasteiger partial charge in [0, 0.05) is 13.7 Å². The van der Waals surface area contributed by atoms with Crippen LogP contribution in [0.15, 0.2) is 12.2 Å². The average Bonchev–Trinajstić information content (AvgIpc) is 2.55. The summed E-state index contributed by atoms with van der Waals surface area (Å²) in [6, 6.07) is 0.272. The van der Waals surface area contributed by atoms with E-state index in [-0.39, 0.29) is 11.9 Å². The number of hydrogen-bond acceptors (Lipinski definition) is 2. The van der Waals surface area contributed by atoms with Crippen molar-refractivity contribution in [3.8, 4) is 0 Å². The van der Waals surface area contributed by atoms with E-state index in [1.54, 1.807) is 17.1 Å². The van der Waals surface area contributed by atoms with Gasteiger partial charge in [0.25, 0.3) is 0 Å². The number of carbonyl (C=O) groups is 1. The monoisotopic (exact) mass is 169 g/mol. The highest BCUT2D eigenvalue weighted by molar-refractivity contribution is 5.87. The number of hydrogen-bond donors (Lipinski definition) is 0. The molecule has 1 atom stereocenters. The van der Waals surface area contributed by atoms with E-state index in [1.165, 1.54) is 0 Å². The van der Waals surface area contributed by atoms with Crippen LogP contribution in [0.2, 0.25) is 0 Å². The molecule has 1 aliphatic rings. The molecule has 0 aromatic carbocycles. The number of allylic oxidation sites excluding steroid dienone is 1. The zero-order chi connectivity index (χ0) is 8.97. The lowest BCUT2D eigenvalue weighted by Crippen LogP contribution is -2.36. The van der Waals surface area contributed by atoms with Crippen LogP contribution in [0.1, 0.15) is 13.3 Å². The SMILES string of the molecule is CC=CC(=O)N(C)C1CCOC1. The molecule has 1 amide bonds. The van der Waals surface area contributed by atoms with Crippen molar-refractivity contribution < 1.29 is 9.53 Å². The van der Waals surface area contributed by atoms with Crippen LogP contribution in [-0.4, -0.2) is 37.1 Å². The Labute approximate surface area is 73.0 Å². The van der Waals surface area contributed by atoms with Crippen molar-refractivity contribution in [3.05, 3.63) is 12.2 Å². The Morgan fingerprint density at radius 2 is 2.42 bits per heavy atom. The van der Waals surface area contributed by atoms with Crippen molar-refractivity contribution in [2.45, 2.75) is 19.4 Å². The van der Waals surface area contributed by atoms with Crippen molar-refractivity contribution in [2.75, 3.05) is 20.3 Å². The highest BCUT2D eigenvalue weighted by Gasteiger charge is 2.22. The second-order valence-corrected chi connectivity index (χ2v) is 2.97. The molecule has 0 saturated carbocycles. The van der Waals surface area contributed by atoms with E-state index in [0.717, 1.165) is 13.0 Å². The van der Waals surface area contributed by atoms with Gasteiger partial charge in [0.05, 0.1) is 12.6 Å². The fraction of sp³-hybridized carbons (Fsp3) is 0.667. The third-order valence-electron chi connectivity index (χ3n) is 2.11. The number of amides is 1. The van der Waals surface area contributed by atoms with E-state index in [0.29, 0.717) is 6.61 Å². The molecule has 0 N–H and O–H groups in total. The minimum atomic E-state index is 0.0630. The minimum absolute atomic E-state index is 0.0630. The predicted molar refractivity (Wildman–Crippen MR) is 46.8 cm³/mol. The van der Waals surface area contributed by atoms with Crippen LogP contribution in [0.25, 0.3) is 0 Å². The van der Waals surface area contributed by atoms with Crippen LogP contribution in [0.5, 0.6) is 0 Å². The first-order valence-electron chi connectivity index (χ1n) is 4.23. The van der Waals surface area contributed by atoms with Crippen LogP contribution in [0.4, 0.5) is 0 Å². The molecule has 1 fully saturated rings. The van der Waals surface area contributed by atoms with Crippen molar-refractivity contribution in [1.82, 2.24) is 4.90 Å². The number of ether oxygens (including phenoxy) is 1. The fourth-order valence-corrected chi connectivity index (χ4v) is 1.27. The van der Waals surface area contributed by atoms with Crippen molar-refractivity contribution in [1.29, 1.82) is 0 Å². The first kappa shape index (κ1) is 9.26. The van der Waals surface area contributed by atoms with E-state index >= 15 is 0 Å². The molecule has 0 aliphatic carbocycles. The van der Waals surface area contributed by atoms with Gasteiger partial charge in [-0.25, -0.2) is 0 Å². The van der Waals surface area contributed by atoms with Gasteiger partial charge in [-0.3, -0.25) is 4.79 Å². The summed E-state index contributed by atoms with van der Waals surface area (Å²) in [4.78, 5) is 13.1. The Hall–Kier alpha value is -0.830. The second-order valence-electron chi connectivity index (χ2n) is 2.97. The van der Waals surface area contributed by atoms with Gasteiger partial charge in [-0.05, 0) is 19.4 Å². The Morgan fingerprint density at radius 3 is 2.92 bits per heavy atom. The van der Waals surface area contributed by atoms with Crippen LogP contribution >= 0.6 is 0 Å². The van der Waals surface area contributed by atoms with Gasteiger partial charge >= 0.3 is 0 Å². The predicted octanol–water partition coefficient (Wildman–Crippen LogP) is 0.810. The fourth-order valence-electron chi connectivity index (χ4n) is 1.27. The van der Waals surface area contributed by atoms with E-state index in [1.807, 2.05) is 14.0 Å². The smallest absolute Gasteiger partial charge is 0.246 e. The third-order valence-corrected chi connectivity index (χ3v) is 2.11. The largest absolute Gasteiger partial charge is 0.379 e. The Kier molecular flexibility index (Phi) is 3.29. The van der Waals surface area contributed by atoms with Gasteiger partial charge in [-0.1, -0.05) is 6.08 Å². The van der Waals surface area contributed by atoms with Gasteiger partial charge in [0.2, 0.25) is 5.91 Å². The molecule has 1 unspecified atom stereocenters. The zero-order valence-corrected chi connectivity index (χ0v) is 7.62. The molecule has 12 heavy (non-hydrogen) atoms. The molecule has 3 nitrogen and oxygen atoms in total. The summed E-state index contributed by atoms with van der Waals surface area (Å²) < 4.78 is 5.19. The second kappa shape index (κ2) is 4.26. The maximum absolute atomic E-state index is 11.3. The molecular weight excluding hydrogens is 154 g/mol. The van der Waals surface area contributed by atoms with Gasteiger partial charge in [0.15, 0.2) is 0 Å². The summed E-state index contributed by atoms with van der Waals surface area (Å²) in [5.41, 5.74) is 0. The highest BCUT2D eigenvalue weighted by Crippen LogP contribution is 2.10. The molecule has 3 heteroatoms. The normalized spacial score (nSPS) is 23.3. The summed E-state index contributed by atoms with van der Waals surface area (Å²) in [6.07, 6.45) is 4.30. The number of rotatable bonds is 2. The van der Waals surface area contributed by atoms with E-state index < -0.39 is 0 Å². The minimum Gasteiger partial charge on any atom is -0.379 e. The zero-order valence-electron chi connectivity index (χ0n) is 7.62. The quantitative estimate of drug-likeness (QED) is 0.572. The van der Waals surface area contributed by atoms with Crippen LogP contribution < -0.4 is 0 Å². The number of nitrogens with zero attached hydrogens (tertiary/aromatic N) is 1. The number of carbonyl (C=O) groups excluding carboxylic acids is 1. The highest BCUT2D eigenvalue weighted by atomic mass is 16.5. The summed E-state index contributed by atoms with van der Waals surface area (Å²) in [6.45, 7) is 3.30. The molecule has 0 aromatic heterocycles. The molecule has 0 radical (unpaired) electrons. The Morgan fingerprint density at radius 1 is 1.67 bits per heavy atom. The van der Waals surface area contributed by atoms with Crippen molar-refractivity contribution in [2.24, 2.45) is 0 Å². The van der Waals surface area contributed by atoms with Gasteiger partial charge in [-0.2, -0.15) is 0 Å². The first-order valence-corrected chi connectivity index (χ1v) is 4.23. The summed E-state index contributed by atoms with van der Waals surface area (Å²) in [5.74, 6) is 0.0630. The summed E-state index contributed by atoms with van der Waals surface area (Å²) in [7, 11) is 1.82. The standard InChI is InChI=1S/C9H15NO2/c1-3-4-9(11)10(2)8-5-6-12-7-8/h3-4,8H,5-7H2,1-2H3. The molecule has 1 aliphatic heterocycles. The molecule has 0 aromatic rings. The van der Waals surface area contributed by atoms with E-state index in [2.05, 4.69) is 0 Å². The number of likely N-dealkylation sites (N-methyl/N-ethyl adjacent to an activating group) is 1. The van der Waals surface area contributed by atoms with E-state index in [4.69, 9.17) is 4.74 Å². The topological polar surface area (TPSA) is 29.5 Å². The molecular formula is C9H15NO2. The lowest BCUT2D eigenvalue weighted by Gasteiger charge is -2.21. The maximum Gasteiger partial charge on any atom is 0.246 e. The molecule has 1 rings (SSSR count). The van der Waals surface area contributed by atoms with Crippen LogP contribution in [0, 0.1) is 0 Å².